The standard InChI is InChI=1S/C14H18O4/c1-17-12-8-4-5-10(9-13(15)16)14(12)18-11-6-2-3-7-11/h4-5,8,11H,2-3,6-7,9H2,1H3,(H,15,16). The van der Waals surface area contributed by atoms with Gasteiger partial charge in [-0.3, -0.25) is 4.79 Å². The molecule has 0 aliphatic heterocycles. The normalized spacial score (nSPS) is 15.6. The van der Waals surface area contributed by atoms with Crippen LogP contribution in [0.4, 0.5) is 0 Å². The third-order valence-corrected chi connectivity index (χ3v) is 3.21. The molecule has 4 nitrogen and oxygen atoms in total. The Morgan fingerprint density at radius 2 is 2.11 bits per heavy atom. The number of methoxy groups -OCH3 is 1. The molecule has 1 N–H and O–H groups in total. The van der Waals surface area contributed by atoms with Crippen LogP contribution in [0, 0.1) is 0 Å². The number of benzene rings is 1. The number of para-hydroxylation sites is 1. The summed E-state index contributed by atoms with van der Waals surface area (Å²) in [5.74, 6) is 0.342. The first-order valence-electron chi connectivity index (χ1n) is 6.25. The molecule has 0 saturated heterocycles. The van der Waals surface area contributed by atoms with Gasteiger partial charge in [-0.05, 0) is 31.7 Å². The molecule has 0 radical (unpaired) electrons. The Labute approximate surface area is 107 Å². The summed E-state index contributed by atoms with van der Waals surface area (Å²) in [6.07, 6.45) is 4.56. The van der Waals surface area contributed by atoms with E-state index < -0.39 is 5.97 Å². The van der Waals surface area contributed by atoms with E-state index in [9.17, 15) is 4.79 Å². The fourth-order valence-electron chi connectivity index (χ4n) is 2.33. The third-order valence-electron chi connectivity index (χ3n) is 3.21. The molecule has 1 aromatic carbocycles. The van der Waals surface area contributed by atoms with Gasteiger partial charge in [-0.1, -0.05) is 12.1 Å². The maximum Gasteiger partial charge on any atom is 0.307 e. The van der Waals surface area contributed by atoms with Crippen LogP contribution in [0.15, 0.2) is 18.2 Å². The topological polar surface area (TPSA) is 55.8 Å². The average Bonchev–Trinajstić information content (AvgIpc) is 2.83. The quantitative estimate of drug-likeness (QED) is 0.872. The Balaban J connectivity index is 2.24. The molecule has 0 amide bonds. The van der Waals surface area contributed by atoms with Gasteiger partial charge in [-0.25, -0.2) is 0 Å². The molecule has 2 rings (SSSR count). The van der Waals surface area contributed by atoms with Crippen molar-refractivity contribution in [2.45, 2.75) is 38.2 Å². The Kier molecular flexibility index (Phi) is 4.07. The van der Waals surface area contributed by atoms with Crippen LogP contribution in [0.2, 0.25) is 0 Å². The Hall–Kier alpha value is -1.71. The number of carbonyl (C=O) groups is 1. The summed E-state index contributed by atoms with van der Waals surface area (Å²) in [6.45, 7) is 0. The van der Waals surface area contributed by atoms with Gasteiger partial charge in [0.1, 0.15) is 0 Å². The van der Waals surface area contributed by atoms with Crippen molar-refractivity contribution in [2.75, 3.05) is 7.11 Å². The van der Waals surface area contributed by atoms with E-state index in [0.717, 1.165) is 12.8 Å². The van der Waals surface area contributed by atoms with Crippen LogP contribution in [0.5, 0.6) is 11.5 Å². The first-order valence-corrected chi connectivity index (χ1v) is 6.25. The lowest BCUT2D eigenvalue weighted by atomic mass is 10.1. The van der Waals surface area contributed by atoms with E-state index in [2.05, 4.69) is 0 Å². The van der Waals surface area contributed by atoms with Gasteiger partial charge in [0, 0.05) is 5.56 Å². The van der Waals surface area contributed by atoms with Crippen LogP contribution < -0.4 is 9.47 Å². The molecule has 1 fully saturated rings. The minimum absolute atomic E-state index is 0.0424. The lowest BCUT2D eigenvalue weighted by Gasteiger charge is -2.18. The molecular weight excluding hydrogens is 232 g/mol. The van der Waals surface area contributed by atoms with E-state index in [-0.39, 0.29) is 12.5 Å². The van der Waals surface area contributed by atoms with Gasteiger partial charge in [-0.15, -0.1) is 0 Å². The van der Waals surface area contributed by atoms with Gasteiger partial charge in [-0.2, -0.15) is 0 Å². The lowest BCUT2D eigenvalue weighted by Crippen LogP contribution is -2.14. The summed E-state index contributed by atoms with van der Waals surface area (Å²) >= 11 is 0. The minimum Gasteiger partial charge on any atom is -0.493 e. The molecule has 1 aromatic rings. The Bertz CT molecular complexity index is 422. The predicted octanol–water partition coefficient (Wildman–Crippen LogP) is 2.64. The summed E-state index contributed by atoms with van der Waals surface area (Å²) in [7, 11) is 1.57. The number of carboxylic acid groups (broad SMARTS) is 1. The smallest absolute Gasteiger partial charge is 0.307 e. The lowest BCUT2D eigenvalue weighted by molar-refractivity contribution is -0.136. The second-order valence-corrected chi connectivity index (χ2v) is 4.54. The van der Waals surface area contributed by atoms with Gasteiger partial charge < -0.3 is 14.6 Å². The number of hydrogen-bond acceptors (Lipinski definition) is 3. The van der Waals surface area contributed by atoms with E-state index in [1.807, 2.05) is 0 Å². The number of hydrogen-bond donors (Lipinski definition) is 1. The van der Waals surface area contributed by atoms with Crippen LogP contribution >= 0.6 is 0 Å². The molecule has 0 unspecified atom stereocenters. The molecule has 4 heteroatoms. The average molecular weight is 250 g/mol. The molecule has 0 bridgehead atoms. The number of rotatable bonds is 5. The van der Waals surface area contributed by atoms with Crippen LogP contribution in [0.1, 0.15) is 31.2 Å². The summed E-state index contributed by atoms with van der Waals surface area (Å²) in [5, 5.41) is 8.92. The molecule has 1 aliphatic rings. The monoisotopic (exact) mass is 250 g/mol. The van der Waals surface area contributed by atoms with Crippen LogP contribution in [0.3, 0.4) is 0 Å². The highest BCUT2D eigenvalue weighted by Crippen LogP contribution is 2.35. The number of ether oxygens (including phenoxy) is 2. The van der Waals surface area contributed by atoms with Crippen molar-refractivity contribution in [3.8, 4) is 11.5 Å². The van der Waals surface area contributed by atoms with E-state index in [4.69, 9.17) is 14.6 Å². The second kappa shape index (κ2) is 5.76. The zero-order chi connectivity index (χ0) is 13.0. The first kappa shape index (κ1) is 12.7. The highest BCUT2D eigenvalue weighted by atomic mass is 16.5. The van der Waals surface area contributed by atoms with E-state index in [1.165, 1.54) is 12.8 Å². The molecule has 1 aliphatic carbocycles. The third kappa shape index (κ3) is 2.94. The number of aliphatic carboxylic acids is 1. The largest absolute Gasteiger partial charge is 0.493 e. The maximum absolute atomic E-state index is 10.9. The van der Waals surface area contributed by atoms with E-state index in [0.29, 0.717) is 17.1 Å². The molecule has 0 heterocycles. The molecule has 0 aromatic heterocycles. The maximum atomic E-state index is 10.9. The summed E-state index contributed by atoms with van der Waals surface area (Å²) in [5.41, 5.74) is 0.675. The summed E-state index contributed by atoms with van der Waals surface area (Å²) in [6, 6.07) is 5.37. The van der Waals surface area contributed by atoms with Gasteiger partial charge in [0.05, 0.1) is 19.6 Å². The summed E-state index contributed by atoms with van der Waals surface area (Å²) < 4.78 is 11.2. The van der Waals surface area contributed by atoms with Gasteiger partial charge >= 0.3 is 5.97 Å². The van der Waals surface area contributed by atoms with Crippen LogP contribution in [-0.2, 0) is 11.2 Å². The van der Waals surface area contributed by atoms with Gasteiger partial charge in [0.2, 0.25) is 0 Å². The molecular formula is C14H18O4. The van der Waals surface area contributed by atoms with Crippen molar-refractivity contribution in [1.82, 2.24) is 0 Å². The van der Waals surface area contributed by atoms with Crippen LogP contribution in [-0.4, -0.2) is 24.3 Å². The van der Waals surface area contributed by atoms with E-state index in [1.54, 1.807) is 25.3 Å². The van der Waals surface area contributed by atoms with Crippen molar-refractivity contribution in [3.63, 3.8) is 0 Å². The van der Waals surface area contributed by atoms with Crippen molar-refractivity contribution in [2.24, 2.45) is 0 Å². The van der Waals surface area contributed by atoms with Gasteiger partial charge in [0.15, 0.2) is 11.5 Å². The van der Waals surface area contributed by atoms with Crippen molar-refractivity contribution in [3.05, 3.63) is 23.8 Å². The fraction of sp³-hybridized carbons (Fsp3) is 0.500. The number of carboxylic acids is 1. The Morgan fingerprint density at radius 1 is 1.39 bits per heavy atom. The molecule has 1 saturated carbocycles. The molecule has 0 atom stereocenters. The first-order chi connectivity index (χ1) is 8.70. The predicted molar refractivity (Wildman–Crippen MR) is 67.2 cm³/mol. The van der Waals surface area contributed by atoms with Crippen LogP contribution in [0.25, 0.3) is 0 Å². The fourth-order valence-corrected chi connectivity index (χ4v) is 2.33. The zero-order valence-corrected chi connectivity index (χ0v) is 10.5. The highest BCUT2D eigenvalue weighted by molar-refractivity contribution is 5.72. The van der Waals surface area contributed by atoms with Gasteiger partial charge in [0.25, 0.3) is 0 Å². The van der Waals surface area contributed by atoms with Crippen molar-refractivity contribution >= 4 is 5.97 Å². The van der Waals surface area contributed by atoms with Crippen molar-refractivity contribution < 1.29 is 19.4 Å². The summed E-state index contributed by atoms with van der Waals surface area (Å²) in [4.78, 5) is 10.9. The molecule has 98 valence electrons. The SMILES string of the molecule is COc1cccc(CC(=O)O)c1OC1CCCC1. The van der Waals surface area contributed by atoms with E-state index >= 15 is 0 Å². The second-order valence-electron chi connectivity index (χ2n) is 4.54. The minimum atomic E-state index is -0.862. The molecule has 0 spiro atoms. The zero-order valence-electron chi connectivity index (χ0n) is 10.5. The molecule has 18 heavy (non-hydrogen) atoms. The highest BCUT2D eigenvalue weighted by Gasteiger charge is 2.21. The Morgan fingerprint density at radius 3 is 2.72 bits per heavy atom. The van der Waals surface area contributed by atoms with Crippen molar-refractivity contribution in [1.29, 1.82) is 0 Å².